The van der Waals surface area contributed by atoms with Gasteiger partial charge in [0.15, 0.2) is 0 Å². The van der Waals surface area contributed by atoms with Crippen molar-refractivity contribution in [2.45, 2.75) is 13.3 Å². The molecule has 2 amide bonds. The van der Waals surface area contributed by atoms with Gasteiger partial charge in [-0.15, -0.1) is 0 Å². The summed E-state index contributed by atoms with van der Waals surface area (Å²) in [6.07, 6.45) is -0.150. The van der Waals surface area contributed by atoms with E-state index in [-0.39, 0.29) is 12.0 Å². The number of carbonyl (C=O) groups is 2. The normalized spacial score (nSPS) is 9.61. The van der Waals surface area contributed by atoms with Gasteiger partial charge in [-0.25, -0.2) is 0 Å². The number of anilines is 1. The number of hydrogen-bond donors (Lipinski definition) is 2. The number of hydrogen-bond acceptors (Lipinski definition) is 3. The zero-order valence-electron chi connectivity index (χ0n) is 10.2. The summed E-state index contributed by atoms with van der Waals surface area (Å²) < 4.78 is 5.27. The van der Waals surface area contributed by atoms with E-state index >= 15 is 0 Å². The van der Waals surface area contributed by atoms with Crippen LogP contribution in [0.25, 0.3) is 0 Å². The van der Waals surface area contributed by atoms with Crippen molar-refractivity contribution in [2.24, 2.45) is 5.73 Å². The van der Waals surface area contributed by atoms with Gasteiger partial charge >= 0.3 is 0 Å². The van der Waals surface area contributed by atoms with Gasteiger partial charge in [-0.2, -0.15) is 0 Å². The van der Waals surface area contributed by atoms with Gasteiger partial charge in [0.1, 0.15) is 5.75 Å². The third kappa shape index (κ3) is 4.29. The Balaban J connectivity index is 2.59. The van der Waals surface area contributed by atoms with E-state index in [1.807, 2.05) is 6.92 Å². The first-order valence-corrected chi connectivity index (χ1v) is 5.53. The van der Waals surface area contributed by atoms with E-state index in [2.05, 4.69) is 11.9 Å². The van der Waals surface area contributed by atoms with Gasteiger partial charge in [-0.1, -0.05) is 6.58 Å². The Kier molecular flexibility index (Phi) is 4.92. The molecular weight excluding hydrogens is 232 g/mol. The molecule has 1 rings (SSSR count). The second-order valence-corrected chi connectivity index (χ2v) is 3.66. The van der Waals surface area contributed by atoms with Crippen molar-refractivity contribution in [3.05, 3.63) is 36.4 Å². The maximum atomic E-state index is 11.6. The molecule has 1 aromatic rings. The second-order valence-electron chi connectivity index (χ2n) is 3.66. The summed E-state index contributed by atoms with van der Waals surface area (Å²) in [4.78, 5) is 22.3. The molecule has 0 aliphatic carbocycles. The van der Waals surface area contributed by atoms with Crippen LogP contribution >= 0.6 is 0 Å². The van der Waals surface area contributed by atoms with E-state index in [4.69, 9.17) is 10.5 Å². The zero-order chi connectivity index (χ0) is 13.5. The quantitative estimate of drug-likeness (QED) is 0.748. The van der Waals surface area contributed by atoms with Crippen molar-refractivity contribution in [2.75, 3.05) is 11.9 Å². The van der Waals surface area contributed by atoms with Crippen LogP contribution in [0.4, 0.5) is 5.69 Å². The molecule has 0 aliphatic heterocycles. The number of nitrogens with one attached hydrogen (secondary N) is 1. The smallest absolute Gasteiger partial charge is 0.251 e. The number of amides is 2. The van der Waals surface area contributed by atoms with Crippen molar-refractivity contribution >= 4 is 17.5 Å². The fourth-order valence-electron chi connectivity index (χ4n) is 1.31. The van der Waals surface area contributed by atoms with Gasteiger partial charge in [0.2, 0.25) is 5.91 Å². The number of rotatable bonds is 6. The summed E-state index contributed by atoms with van der Waals surface area (Å²) in [5.74, 6) is -0.272. The minimum Gasteiger partial charge on any atom is -0.494 e. The van der Waals surface area contributed by atoms with Gasteiger partial charge in [0.25, 0.3) is 5.91 Å². The predicted octanol–water partition coefficient (Wildman–Crippen LogP) is 1.46. The first-order valence-electron chi connectivity index (χ1n) is 5.53. The van der Waals surface area contributed by atoms with Gasteiger partial charge in [0.05, 0.1) is 13.0 Å². The highest BCUT2D eigenvalue weighted by atomic mass is 16.5. The Hall–Kier alpha value is -2.30. The number of primary amides is 1. The highest BCUT2D eigenvalue weighted by molar-refractivity contribution is 6.06. The highest BCUT2D eigenvalue weighted by Gasteiger charge is 2.09. The summed E-state index contributed by atoms with van der Waals surface area (Å²) in [5.41, 5.74) is 5.72. The third-order valence-electron chi connectivity index (χ3n) is 2.13. The molecule has 5 nitrogen and oxygen atoms in total. The van der Waals surface area contributed by atoms with Crippen LogP contribution in [0, 0.1) is 0 Å². The zero-order valence-corrected chi connectivity index (χ0v) is 10.2. The van der Waals surface area contributed by atoms with Crippen molar-refractivity contribution in [1.29, 1.82) is 0 Å². The lowest BCUT2D eigenvalue weighted by atomic mass is 10.2. The molecule has 0 saturated heterocycles. The Morgan fingerprint density at radius 2 is 1.94 bits per heavy atom. The molecule has 0 spiro atoms. The Morgan fingerprint density at radius 3 is 2.44 bits per heavy atom. The van der Waals surface area contributed by atoms with Crippen molar-refractivity contribution in [3.63, 3.8) is 0 Å². The van der Waals surface area contributed by atoms with E-state index < -0.39 is 11.8 Å². The van der Waals surface area contributed by atoms with Crippen LogP contribution in [-0.2, 0) is 9.59 Å². The molecule has 3 N–H and O–H groups in total. The fraction of sp³-hybridized carbons (Fsp3) is 0.231. The lowest BCUT2D eigenvalue weighted by Crippen LogP contribution is -2.19. The molecule has 5 heteroatoms. The standard InChI is InChI=1S/C13H16N2O3/c1-3-18-11-6-4-10(5-7-11)15-13(17)9(2)8-12(14)16/h4-7H,2-3,8H2,1H3,(H2,14,16)(H,15,17). The molecule has 1 aromatic carbocycles. The van der Waals surface area contributed by atoms with E-state index in [9.17, 15) is 9.59 Å². The van der Waals surface area contributed by atoms with Crippen molar-refractivity contribution in [1.82, 2.24) is 0 Å². The number of nitrogens with two attached hydrogens (primary N) is 1. The van der Waals surface area contributed by atoms with E-state index in [1.165, 1.54) is 0 Å². The Morgan fingerprint density at radius 1 is 1.33 bits per heavy atom. The summed E-state index contributed by atoms with van der Waals surface area (Å²) in [6, 6.07) is 6.91. The van der Waals surface area contributed by atoms with Crippen LogP contribution in [0.5, 0.6) is 5.75 Å². The Bertz CT molecular complexity index is 452. The molecule has 0 saturated carbocycles. The Labute approximate surface area is 106 Å². The average molecular weight is 248 g/mol. The minimum absolute atomic E-state index is 0.136. The molecule has 0 radical (unpaired) electrons. The van der Waals surface area contributed by atoms with Crippen LogP contribution in [0.2, 0.25) is 0 Å². The number of carbonyl (C=O) groups excluding carboxylic acids is 2. The van der Waals surface area contributed by atoms with Gasteiger partial charge in [-0.05, 0) is 31.2 Å². The lowest BCUT2D eigenvalue weighted by molar-refractivity contribution is -0.119. The maximum Gasteiger partial charge on any atom is 0.251 e. The highest BCUT2D eigenvalue weighted by Crippen LogP contribution is 2.16. The van der Waals surface area contributed by atoms with Crippen molar-refractivity contribution < 1.29 is 14.3 Å². The molecule has 18 heavy (non-hydrogen) atoms. The molecule has 0 aromatic heterocycles. The third-order valence-corrected chi connectivity index (χ3v) is 2.13. The second kappa shape index (κ2) is 6.44. The number of benzene rings is 1. The number of ether oxygens (including phenoxy) is 1. The topological polar surface area (TPSA) is 81.4 Å². The molecule has 0 bridgehead atoms. The lowest BCUT2D eigenvalue weighted by Gasteiger charge is -2.07. The predicted molar refractivity (Wildman–Crippen MR) is 69.2 cm³/mol. The minimum atomic E-state index is -0.582. The molecule has 0 fully saturated rings. The summed E-state index contributed by atoms with van der Waals surface area (Å²) in [5, 5.41) is 2.61. The van der Waals surface area contributed by atoms with E-state index in [1.54, 1.807) is 24.3 Å². The molecule has 0 heterocycles. The van der Waals surface area contributed by atoms with Crippen LogP contribution in [0.15, 0.2) is 36.4 Å². The first kappa shape index (κ1) is 13.8. The molecule has 96 valence electrons. The van der Waals surface area contributed by atoms with Gasteiger partial charge in [-0.3, -0.25) is 9.59 Å². The fourth-order valence-corrected chi connectivity index (χ4v) is 1.31. The SMILES string of the molecule is C=C(CC(N)=O)C(=O)Nc1ccc(OCC)cc1. The van der Waals surface area contributed by atoms with Crippen LogP contribution < -0.4 is 15.8 Å². The van der Waals surface area contributed by atoms with Crippen LogP contribution in [-0.4, -0.2) is 18.4 Å². The largest absolute Gasteiger partial charge is 0.494 e. The van der Waals surface area contributed by atoms with Gasteiger partial charge < -0.3 is 15.8 Å². The summed E-state index contributed by atoms with van der Waals surface area (Å²) in [6.45, 7) is 5.98. The maximum absolute atomic E-state index is 11.6. The molecule has 0 atom stereocenters. The van der Waals surface area contributed by atoms with Crippen LogP contribution in [0.1, 0.15) is 13.3 Å². The monoisotopic (exact) mass is 248 g/mol. The first-order chi connectivity index (χ1) is 8.52. The molecule has 0 unspecified atom stereocenters. The average Bonchev–Trinajstić information content (AvgIpc) is 2.31. The van der Waals surface area contributed by atoms with Crippen LogP contribution in [0.3, 0.4) is 0 Å². The van der Waals surface area contributed by atoms with Crippen molar-refractivity contribution in [3.8, 4) is 5.75 Å². The summed E-state index contributed by atoms with van der Waals surface area (Å²) >= 11 is 0. The van der Waals surface area contributed by atoms with Gasteiger partial charge in [0, 0.05) is 11.3 Å². The molecule has 0 aliphatic rings. The summed E-state index contributed by atoms with van der Waals surface area (Å²) in [7, 11) is 0. The molecular formula is C13H16N2O3. The van der Waals surface area contributed by atoms with E-state index in [0.717, 1.165) is 5.75 Å². The van der Waals surface area contributed by atoms with E-state index in [0.29, 0.717) is 12.3 Å².